The molecule has 0 aromatic heterocycles. The molecule has 1 saturated carbocycles. The molecular weight excluding hydrogens is 478 g/mol. The lowest BCUT2D eigenvalue weighted by molar-refractivity contribution is -0.209. The van der Waals surface area contributed by atoms with Crippen LogP contribution in [-0.4, -0.2) is 105 Å². The van der Waals surface area contributed by atoms with Gasteiger partial charge in [0.1, 0.15) is 0 Å². The number of Topliss-reactive ketones (excluding diaryl/α,β-unsaturated/α-hetero) is 2. The monoisotopic (exact) mass is 482 g/mol. The van der Waals surface area contributed by atoms with E-state index in [-0.39, 0.29) is 19.2 Å². The summed E-state index contributed by atoms with van der Waals surface area (Å²) < 4.78 is 3.99. The number of esters is 2. The number of imide groups is 4. The van der Waals surface area contributed by atoms with E-state index in [1.54, 1.807) is 0 Å². The quantitative estimate of drug-likeness (QED) is 0.157. The Bertz CT molecular complexity index is 1220. The van der Waals surface area contributed by atoms with Crippen molar-refractivity contribution in [3.8, 4) is 0 Å². The largest absolute Gasteiger partial charge is 0.390 e. The topological polar surface area (TPSA) is 227 Å². The second-order valence-corrected chi connectivity index (χ2v) is 8.39. The fraction of sp³-hybridized carbons (Fsp3) is 0.250. The lowest BCUT2D eigenvalue weighted by Gasteiger charge is -2.56. The van der Waals surface area contributed by atoms with Crippen LogP contribution in [0.2, 0.25) is 0 Å². The van der Waals surface area contributed by atoms with Crippen molar-refractivity contribution in [3.63, 3.8) is 0 Å². The molecular formula is C16H4B2N4O13. The van der Waals surface area contributed by atoms with Crippen LogP contribution in [0.1, 0.15) is 6.42 Å². The Morgan fingerprint density at radius 1 is 0.457 bits per heavy atom. The van der Waals surface area contributed by atoms with Gasteiger partial charge in [0.25, 0.3) is 40.9 Å². The van der Waals surface area contributed by atoms with Gasteiger partial charge in [0.05, 0.1) is 6.42 Å². The van der Waals surface area contributed by atoms with Gasteiger partial charge in [-0.1, -0.05) is 0 Å². The van der Waals surface area contributed by atoms with Gasteiger partial charge in [-0.05, 0) is 0 Å². The Balaban J connectivity index is 1.14. The summed E-state index contributed by atoms with van der Waals surface area (Å²) >= 11 is 0. The molecule has 17 nitrogen and oxygen atoms in total. The van der Waals surface area contributed by atoms with Gasteiger partial charge in [-0.25, -0.2) is 9.59 Å². The number of nitrogens with zero attached hydrogens (tertiary/aromatic N) is 4. The molecule has 6 fully saturated rings. The molecule has 0 atom stereocenters. The molecule has 35 heavy (non-hydrogen) atoms. The van der Waals surface area contributed by atoms with Gasteiger partial charge in [0.15, 0.2) is 11.6 Å². The fourth-order valence-corrected chi connectivity index (χ4v) is 4.87. The van der Waals surface area contributed by atoms with Crippen molar-refractivity contribution in [2.24, 2.45) is 16.2 Å². The Kier molecular flexibility index (Phi) is 3.23. The van der Waals surface area contributed by atoms with Crippen LogP contribution < -0.4 is 0 Å². The van der Waals surface area contributed by atoms with E-state index in [0.29, 0.717) is 0 Å². The first-order valence-corrected chi connectivity index (χ1v) is 9.62. The molecule has 0 bridgehead atoms. The third-order valence-corrected chi connectivity index (χ3v) is 7.05. The summed E-state index contributed by atoms with van der Waals surface area (Å²) in [7, 11) is -2.11. The molecule has 8 amide bonds. The van der Waals surface area contributed by atoms with Gasteiger partial charge >= 0.3 is 32.5 Å². The fourth-order valence-electron chi connectivity index (χ4n) is 4.87. The third kappa shape index (κ3) is 1.62. The minimum atomic E-state index is -2.84. The van der Waals surface area contributed by atoms with Gasteiger partial charge in [-0.3, -0.25) is 47.9 Å². The summed E-state index contributed by atoms with van der Waals surface area (Å²) in [6, 6.07) is 0. The van der Waals surface area contributed by atoms with E-state index >= 15 is 0 Å². The molecule has 0 N–H and O–H groups in total. The molecule has 5 aliphatic heterocycles. The summed E-state index contributed by atoms with van der Waals surface area (Å²) in [5, 5.41) is 0. The molecule has 1 aliphatic carbocycles. The van der Waals surface area contributed by atoms with E-state index in [0.717, 1.165) is 0 Å². The Hall–Kier alpha value is -4.83. The molecule has 6 aliphatic rings. The number of ketones is 2. The van der Waals surface area contributed by atoms with E-state index in [1.807, 2.05) is 0 Å². The van der Waals surface area contributed by atoms with Crippen LogP contribution in [0.4, 0.5) is 0 Å². The highest BCUT2D eigenvalue weighted by atomic mass is 16.6. The van der Waals surface area contributed by atoms with Crippen molar-refractivity contribution in [1.29, 1.82) is 0 Å². The van der Waals surface area contributed by atoms with Crippen molar-refractivity contribution in [2.45, 2.75) is 6.42 Å². The zero-order chi connectivity index (χ0) is 25.6. The maximum atomic E-state index is 12.5. The van der Waals surface area contributed by atoms with Crippen LogP contribution in [-0.2, 0) is 62.3 Å². The second-order valence-electron chi connectivity index (χ2n) is 8.39. The van der Waals surface area contributed by atoms with Crippen LogP contribution in [0.3, 0.4) is 0 Å². The van der Waals surface area contributed by atoms with Crippen molar-refractivity contribution in [1.82, 2.24) is 19.2 Å². The molecule has 3 spiro atoms. The van der Waals surface area contributed by atoms with Crippen LogP contribution in [0.25, 0.3) is 0 Å². The molecule has 0 aromatic carbocycles. The van der Waals surface area contributed by atoms with E-state index in [1.165, 1.54) is 0 Å². The number of ether oxygens (including phenoxy) is 1. The highest BCUT2D eigenvalue weighted by molar-refractivity contribution is 6.71. The van der Waals surface area contributed by atoms with Gasteiger partial charge in [0, 0.05) is 0 Å². The van der Waals surface area contributed by atoms with Crippen LogP contribution in [0.5, 0.6) is 0 Å². The van der Waals surface area contributed by atoms with Gasteiger partial charge in [-0.2, -0.15) is 0 Å². The Morgan fingerprint density at radius 3 is 1.03 bits per heavy atom. The average molecular weight is 482 g/mol. The van der Waals surface area contributed by atoms with Gasteiger partial charge < -0.3 is 24.0 Å². The number of β-lactam (4-membered cyclic amide) rings is 8. The number of rotatable bonds is 4. The maximum absolute atomic E-state index is 12.5. The second kappa shape index (κ2) is 5.45. The van der Waals surface area contributed by atoms with Gasteiger partial charge in [-0.15, -0.1) is 0 Å². The highest BCUT2D eigenvalue weighted by Crippen LogP contribution is 2.49. The standard InChI is InChI=1S/C16H4B2N4O13/c23-2-1-3(24)14(2)4(25)19(5(14)26)17-20-6(27)15(7(20)28)8(29)21(9(15)30)18-22-10(31)16(11(22)32)12(33)35-13(16)34/h17-18H,1H2. The summed E-state index contributed by atoms with van der Waals surface area (Å²) in [5.74, 6) is -15.4. The minimum Gasteiger partial charge on any atom is -0.390 e. The summed E-state index contributed by atoms with van der Waals surface area (Å²) in [6.45, 7) is 0. The van der Waals surface area contributed by atoms with Crippen LogP contribution in [0, 0.1) is 16.2 Å². The lowest BCUT2D eigenvalue weighted by Crippen LogP contribution is -2.89. The predicted molar refractivity (Wildman–Crippen MR) is 94.7 cm³/mol. The first-order valence-electron chi connectivity index (χ1n) is 9.62. The number of carbonyl (C=O) groups is 12. The number of hydrogen-bond donors (Lipinski definition) is 0. The smallest absolute Gasteiger partial charge is 0.376 e. The summed E-state index contributed by atoms with van der Waals surface area (Å²) in [4.78, 5) is 146. The molecule has 0 radical (unpaired) electrons. The van der Waals surface area contributed by atoms with E-state index in [2.05, 4.69) is 4.74 Å². The van der Waals surface area contributed by atoms with Gasteiger partial charge in [0.2, 0.25) is 17.2 Å². The Labute approximate surface area is 190 Å². The molecule has 19 heteroatoms. The zero-order valence-corrected chi connectivity index (χ0v) is 16.7. The SMILES string of the molecule is O=C1CC(=O)C12C(=O)N(BN1C(=O)C3(C1=O)C(=O)N(BN1C(=O)C4(C(=O)OC4=O)C1=O)C3=O)C2=O. The minimum absolute atomic E-state index is 0.199. The number of cyclic esters (lactones) is 2. The maximum Gasteiger partial charge on any atom is 0.376 e. The van der Waals surface area contributed by atoms with E-state index in [9.17, 15) is 57.5 Å². The van der Waals surface area contributed by atoms with Crippen molar-refractivity contribution in [3.05, 3.63) is 0 Å². The molecule has 0 aromatic rings. The molecule has 5 heterocycles. The first-order chi connectivity index (χ1) is 16.3. The van der Waals surface area contributed by atoms with E-state index in [4.69, 9.17) is 0 Å². The zero-order valence-electron chi connectivity index (χ0n) is 16.7. The Morgan fingerprint density at radius 2 is 0.743 bits per heavy atom. The molecule has 172 valence electrons. The number of amides is 8. The summed E-state index contributed by atoms with van der Waals surface area (Å²) in [5.41, 5.74) is -7.95. The van der Waals surface area contributed by atoms with Crippen molar-refractivity contribution < 1.29 is 62.3 Å². The number of carbonyl (C=O) groups excluding carboxylic acids is 12. The summed E-state index contributed by atoms with van der Waals surface area (Å²) in [6.07, 6.45) is -0.604. The van der Waals surface area contributed by atoms with Crippen LogP contribution >= 0.6 is 0 Å². The van der Waals surface area contributed by atoms with Crippen LogP contribution in [0.15, 0.2) is 0 Å². The lowest BCUT2D eigenvalue weighted by atomic mass is 9.57. The number of hydrogen-bond acceptors (Lipinski definition) is 13. The van der Waals surface area contributed by atoms with Crippen molar-refractivity contribution >= 4 is 85.9 Å². The predicted octanol–water partition coefficient (Wildman–Crippen LogP) is -7.42. The van der Waals surface area contributed by atoms with Crippen molar-refractivity contribution in [2.75, 3.05) is 0 Å². The van der Waals surface area contributed by atoms with E-state index < -0.39 is 109 Å². The normalized spacial score (nSPS) is 27.0. The first kappa shape index (κ1) is 20.8. The molecule has 5 saturated heterocycles. The highest BCUT2D eigenvalue weighted by Gasteiger charge is 2.84. The molecule has 6 rings (SSSR count). The molecule has 0 unspecified atom stereocenters. The third-order valence-electron chi connectivity index (χ3n) is 7.05. The average Bonchev–Trinajstić information content (AvgIpc) is 2.79.